The summed E-state index contributed by atoms with van der Waals surface area (Å²) in [7, 11) is 1.52. The number of nitrogens with zero attached hydrogens (tertiary/aromatic N) is 2. The lowest BCUT2D eigenvalue weighted by Crippen LogP contribution is -2.28. The molecular weight excluding hydrogens is 274 g/mol. The highest BCUT2D eigenvalue weighted by Crippen LogP contribution is 2.08. The SMILES string of the molecule is COc1cc(CNC(=O)Cn2cccc2C(=O)O)ccn1. The van der Waals surface area contributed by atoms with Gasteiger partial charge in [0.05, 0.1) is 7.11 Å². The number of hydrogen-bond acceptors (Lipinski definition) is 4. The number of carboxylic acid groups (broad SMARTS) is 1. The van der Waals surface area contributed by atoms with E-state index >= 15 is 0 Å². The Kier molecular flexibility index (Phi) is 4.55. The maximum absolute atomic E-state index is 11.8. The van der Waals surface area contributed by atoms with Crippen molar-refractivity contribution < 1.29 is 19.4 Å². The quantitative estimate of drug-likeness (QED) is 0.824. The van der Waals surface area contributed by atoms with E-state index in [2.05, 4.69) is 10.3 Å². The van der Waals surface area contributed by atoms with Crippen LogP contribution >= 0.6 is 0 Å². The van der Waals surface area contributed by atoms with Gasteiger partial charge in [-0.2, -0.15) is 0 Å². The second-order valence-corrected chi connectivity index (χ2v) is 4.31. The number of ether oxygens (including phenoxy) is 1. The Bertz CT molecular complexity index is 651. The zero-order chi connectivity index (χ0) is 15.2. The molecular formula is C14H15N3O4. The third kappa shape index (κ3) is 3.82. The molecule has 2 N–H and O–H groups in total. The summed E-state index contributed by atoms with van der Waals surface area (Å²) in [5.74, 6) is -0.864. The lowest BCUT2D eigenvalue weighted by atomic mass is 10.2. The van der Waals surface area contributed by atoms with Crippen LogP contribution in [0.15, 0.2) is 36.7 Å². The maximum atomic E-state index is 11.8. The number of carboxylic acids is 1. The molecule has 7 heteroatoms. The summed E-state index contributed by atoms with van der Waals surface area (Å²) in [4.78, 5) is 26.8. The monoisotopic (exact) mass is 289 g/mol. The van der Waals surface area contributed by atoms with E-state index < -0.39 is 5.97 Å². The van der Waals surface area contributed by atoms with Crippen LogP contribution in [0.3, 0.4) is 0 Å². The highest BCUT2D eigenvalue weighted by atomic mass is 16.5. The summed E-state index contributed by atoms with van der Waals surface area (Å²) in [6.07, 6.45) is 3.15. The molecule has 110 valence electrons. The predicted molar refractivity (Wildman–Crippen MR) is 74.0 cm³/mol. The molecule has 2 heterocycles. The van der Waals surface area contributed by atoms with Gasteiger partial charge in [0.25, 0.3) is 0 Å². The number of methoxy groups -OCH3 is 1. The predicted octanol–water partition coefficient (Wildman–Crippen LogP) is 0.906. The first-order valence-electron chi connectivity index (χ1n) is 6.24. The molecule has 0 bridgehead atoms. The van der Waals surface area contributed by atoms with Gasteiger partial charge < -0.3 is 19.7 Å². The molecule has 21 heavy (non-hydrogen) atoms. The molecule has 2 aromatic heterocycles. The van der Waals surface area contributed by atoms with Crippen LogP contribution in [0.4, 0.5) is 0 Å². The molecule has 0 radical (unpaired) electrons. The van der Waals surface area contributed by atoms with Gasteiger partial charge in [-0.1, -0.05) is 0 Å². The molecule has 7 nitrogen and oxygen atoms in total. The fraction of sp³-hybridized carbons (Fsp3) is 0.214. The number of nitrogens with one attached hydrogen (secondary N) is 1. The minimum atomic E-state index is -1.06. The summed E-state index contributed by atoms with van der Waals surface area (Å²) >= 11 is 0. The van der Waals surface area contributed by atoms with Crippen molar-refractivity contribution in [1.29, 1.82) is 0 Å². The standard InChI is InChI=1S/C14H15N3O4/c1-21-13-7-10(4-5-15-13)8-16-12(18)9-17-6-2-3-11(17)14(19)20/h2-7H,8-9H2,1H3,(H,16,18)(H,19,20). The first-order valence-corrected chi connectivity index (χ1v) is 6.24. The molecule has 0 atom stereocenters. The normalized spacial score (nSPS) is 10.1. The zero-order valence-corrected chi connectivity index (χ0v) is 11.4. The van der Waals surface area contributed by atoms with E-state index in [-0.39, 0.29) is 18.1 Å². The Balaban J connectivity index is 1.93. The van der Waals surface area contributed by atoms with Gasteiger partial charge in [0.2, 0.25) is 11.8 Å². The number of rotatable bonds is 6. The molecule has 0 fully saturated rings. The largest absolute Gasteiger partial charge is 0.481 e. The third-order valence-corrected chi connectivity index (χ3v) is 2.86. The summed E-state index contributed by atoms with van der Waals surface area (Å²) in [6, 6.07) is 6.52. The van der Waals surface area contributed by atoms with E-state index in [0.717, 1.165) is 5.56 Å². The third-order valence-electron chi connectivity index (χ3n) is 2.86. The molecule has 0 spiro atoms. The smallest absolute Gasteiger partial charge is 0.352 e. The van der Waals surface area contributed by atoms with E-state index in [0.29, 0.717) is 12.4 Å². The number of carbonyl (C=O) groups excluding carboxylic acids is 1. The van der Waals surface area contributed by atoms with E-state index in [1.54, 1.807) is 30.6 Å². The minimum absolute atomic E-state index is 0.0448. The molecule has 0 saturated carbocycles. The van der Waals surface area contributed by atoms with Crippen LogP contribution in [0, 0.1) is 0 Å². The highest BCUT2D eigenvalue weighted by Gasteiger charge is 2.11. The van der Waals surface area contributed by atoms with Crippen LogP contribution in [0.2, 0.25) is 0 Å². The van der Waals surface area contributed by atoms with Gasteiger partial charge >= 0.3 is 5.97 Å². The molecule has 1 amide bonds. The Labute approximate surface area is 121 Å². The van der Waals surface area contributed by atoms with Crippen LogP contribution in [-0.2, 0) is 17.9 Å². The maximum Gasteiger partial charge on any atom is 0.352 e. The van der Waals surface area contributed by atoms with Gasteiger partial charge in [0.1, 0.15) is 12.2 Å². The summed E-state index contributed by atoms with van der Waals surface area (Å²) in [5, 5.41) is 11.7. The zero-order valence-electron chi connectivity index (χ0n) is 11.4. The van der Waals surface area contributed by atoms with Crippen molar-refractivity contribution >= 4 is 11.9 Å². The van der Waals surface area contributed by atoms with Gasteiger partial charge in [-0.25, -0.2) is 9.78 Å². The van der Waals surface area contributed by atoms with Crippen molar-refractivity contribution in [2.75, 3.05) is 7.11 Å². The van der Waals surface area contributed by atoms with Crippen LogP contribution in [-0.4, -0.2) is 33.6 Å². The van der Waals surface area contributed by atoms with Crippen LogP contribution in [0.1, 0.15) is 16.1 Å². The van der Waals surface area contributed by atoms with Crippen molar-refractivity contribution in [3.8, 4) is 5.88 Å². The molecule has 0 aliphatic carbocycles. The second kappa shape index (κ2) is 6.56. The first kappa shape index (κ1) is 14.6. The Morgan fingerprint density at radius 2 is 2.24 bits per heavy atom. The van der Waals surface area contributed by atoms with E-state index in [9.17, 15) is 9.59 Å². The number of aromatic carboxylic acids is 1. The van der Waals surface area contributed by atoms with Crippen molar-refractivity contribution in [1.82, 2.24) is 14.9 Å². The molecule has 0 aliphatic rings. The number of hydrogen-bond donors (Lipinski definition) is 2. The van der Waals surface area contributed by atoms with Gasteiger partial charge in [-0.05, 0) is 23.8 Å². The molecule has 2 rings (SSSR count). The van der Waals surface area contributed by atoms with Crippen molar-refractivity contribution in [2.24, 2.45) is 0 Å². The average Bonchev–Trinajstić information content (AvgIpc) is 2.93. The topological polar surface area (TPSA) is 93.5 Å². The molecule has 0 saturated heterocycles. The lowest BCUT2D eigenvalue weighted by Gasteiger charge is -2.08. The second-order valence-electron chi connectivity index (χ2n) is 4.31. The molecule has 2 aromatic rings. The Morgan fingerprint density at radius 1 is 1.43 bits per heavy atom. The highest BCUT2D eigenvalue weighted by molar-refractivity contribution is 5.86. The number of aromatic nitrogens is 2. The Hall–Kier alpha value is -2.83. The number of pyridine rings is 1. The molecule has 0 unspecified atom stereocenters. The summed E-state index contributed by atoms with van der Waals surface area (Å²) in [6.45, 7) is 0.276. The van der Waals surface area contributed by atoms with Crippen molar-refractivity contribution in [3.63, 3.8) is 0 Å². The van der Waals surface area contributed by atoms with Crippen LogP contribution in [0.5, 0.6) is 5.88 Å². The van der Waals surface area contributed by atoms with Crippen molar-refractivity contribution in [2.45, 2.75) is 13.1 Å². The van der Waals surface area contributed by atoms with Crippen LogP contribution in [0.25, 0.3) is 0 Å². The summed E-state index contributed by atoms with van der Waals surface area (Å²) in [5.41, 5.74) is 0.928. The van der Waals surface area contributed by atoms with E-state index in [1.807, 2.05) is 0 Å². The molecule has 0 aliphatic heterocycles. The number of amides is 1. The average molecular weight is 289 g/mol. The summed E-state index contributed by atoms with van der Waals surface area (Å²) < 4.78 is 6.38. The molecule has 0 aromatic carbocycles. The first-order chi connectivity index (χ1) is 10.1. The van der Waals surface area contributed by atoms with Crippen molar-refractivity contribution in [3.05, 3.63) is 47.9 Å². The lowest BCUT2D eigenvalue weighted by molar-refractivity contribution is -0.121. The van der Waals surface area contributed by atoms with Gasteiger partial charge in [-0.3, -0.25) is 4.79 Å². The number of carbonyl (C=O) groups is 2. The van der Waals surface area contributed by atoms with E-state index in [1.165, 1.54) is 17.7 Å². The fourth-order valence-electron chi connectivity index (χ4n) is 1.83. The Morgan fingerprint density at radius 3 is 2.95 bits per heavy atom. The minimum Gasteiger partial charge on any atom is -0.481 e. The van der Waals surface area contributed by atoms with Gasteiger partial charge in [0.15, 0.2) is 0 Å². The fourth-order valence-corrected chi connectivity index (χ4v) is 1.83. The van der Waals surface area contributed by atoms with Crippen LogP contribution < -0.4 is 10.1 Å². The van der Waals surface area contributed by atoms with Gasteiger partial charge in [-0.15, -0.1) is 0 Å². The van der Waals surface area contributed by atoms with Gasteiger partial charge in [0, 0.05) is 25.0 Å². The van der Waals surface area contributed by atoms with E-state index in [4.69, 9.17) is 9.84 Å².